The van der Waals surface area contributed by atoms with E-state index in [1.54, 1.807) is 0 Å². The minimum absolute atomic E-state index is 0.262. The van der Waals surface area contributed by atoms with Crippen molar-refractivity contribution >= 4 is 0 Å². The summed E-state index contributed by atoms with van der Waals surface area (Å²) in [5, 5.41) is 3.60. The molecule has 12 atom stereocenters. The topological polar surface area (TPSA) is 30.5 Å². The third-order valence-corrected chi connectivity index (χ3v) is 12.3. The average molecular weight is 430 g/mol. The Balaban J connectivity index is 1.24. The summed E-state index contributed by atoms with van der Waals surface area (Å²) in [6.07, 6.45) is 14.2. The summed E-state index contributed by atoms with van der Waals surface area (Å²) in [6.45, 7) is 11.1. The maximum absolute atomic E-state index is 6.94. The van der Waals surface area contributed by atoms with Gasteiger partial charge in [-0.2, -0.15) is 0 Å². The number of hydrogen-bond acceptors (Lipinski definition) is 3. The van der Waals surface area contributed by atoms with E-state index in [2.05, 4.69) is 40.1 Å². The molecule has 6 rings (SSSR count). The standard InChI is InChI=1S/C28H47NO2/c1-17-8-13-28(30-16-17)18(2)25-24(31-28)15-23-21-7-6-19-14-20(29-5)9-11-26(19,3)22(21)10-12-27(23,25)4/h17-25,29H,6-16H2,1-5H3/t17-,18+,19?,20+,21-,22+,23+,24+,25+,26+,27+,28-/m1/s1. The highest BCUT2D eigenvalue weighted by Crippen LogP contribution is 2.71. The van der Waals surface area contributed by atoms with Crippen molar-refractivity contribution in [2.75, 3.05) is 13.7 Å². The molecule has 0 radical (unpaired) electrons. The Morgan fingerprint density at radius 3 is 2.39 bits per heavy atom. The van der Waals surface area contributed by atoms with Gasteiger partial charge in [-0.05, 0) is 111 Å². The van der Waals surface area contributed by atoms with Crippen LogP contribution in [0.2, 0.25) is 0 Å². The molecule has 0 bridgehead atoms. The second-order valence-electron chi connectivity index (χ2n) is 13.4. The summed E-state index contributed by atoms with van der Waals surface area (Å²) in [7, 11) is 2.17. The normalized spacial score (nSPS) is 60.9. The monoisotopic (exact) mass is 429 g/mol. The van der Waals surface area contributed by atoms with E-state index >= 15 is 0 Å². The lowest BCUT2D eigenvalue weighted by Gasteiger charge is -2.61. The third-order valence-electron chi connectivity index (χ3n) is 12.3. The van der Waals surface area contributed by atoms with Crippen LogP contribution < -0.4 is 5.32 Å². The Bertz CT molecular complexity index is 701. The molecule has 1 unspecified atom stereocenters. The lowest BCUT2D eigenvalue weighted by atomic mass is 9.44. The number of hydrogen-bond donors (Lipinski definition) is 1. The SMILES string of the molecule is CN[C@H]1CC[C@@]2(C)C(CC[C@H]3[C@@H]4C[C@@H]5O[C@]6(CC[C@@H](C)CO6)[C@@H](C)[C@@H]5[C@@]4(C)CC[C@@H]32)C1. The Hall–Kier alpha value is -0.120. The van der Waals surface area contributed by atoms with E-state index in [1.807, 2.05) is 0 Å². The summed E-state index contributed by atoms with van der Waals surface area (Å²) < 4.78 is 13.4. The molecule has 0 amide bonds. The zero-order valence-electron chi connectivity index (χ0n) is 20.8. The van der Waals surface area contributed by atoms with Crippen LogP contribution in [-0.2, 0) is 9.47 Å². The van der Waals surface area contributed by atoms with Crippen molar-refractivity contribution in [2.45, 2.75) is 110 Å². The van der Waals surface area contributed by atoms with Gasteiger partial charge in [0.1, 0.15) is 0 Å². The Kier molecular flexibility index (Phi) is 4.97. The van der Waals surface area contributed by atoms with Crippen LogP contribution in [0.15, 0.2) is 0 Å². The molecule has 1 spiro atoms. The largest absolute Gasteiger partial charge is 0.349 e. The maximum Gasteiger partial charge on any atom is 0.171 e. The van der Waals surface area contributed by atoms with Crippen molar-refractivity contribution < 1.29 is 9.47 Å². The fraction of sp³-hybridized carbons (Fsp3) is 1.00. The highest BCUT2D eigenvalue weighted by atomic mass is 16.7. The molecule has 31 heavy (non-hydrogen) atoms. The molecule has 4 aliphatic carbocycles. The minimum atomic E-state index is -0.262. The van der Waals surface area contributed by atoms with Gasteiger partial charge in [-0.25, -0.2) is 0 Å². The van der Waals surface area contributed by atoms with Crippen molar-refractivity contribution in [3.05, 3.63) is 0 Å². The lowest BCUT2D eigenvalue weighted by molar-refractivity contribution is -0.273. The van der Waals surface area contributed by atoms with Gasteiger partial charge in [0, 0.05) is 18.4 Å². The van der Waals surface area contributed by atoms with Crippen molar-refractivity contribution in [1.29, 1.82) is 0 Å². The third kappa shape index (κ3) is 2.88. The summed E-state index contributed by atoms with van der Waals surface area (Å²) in [4.78, 5) is 0. The molecular formula is C28H47NO2. The molecule has 3 heteroatoms. The average Bonchev–Trinajstić information content (AvgIpc) is 3.20. The predicted molar refractivity (Wildman–Crippen MR) is 125 cm³/mol. The summed E-state index contributed by atoms with van der Waals surface area (Å²) in [6, 6.07) is 0.762. The summed E-state index contributed by atoms with van der Waals surface area (Å²) in [5.41, 5.74) is 1.05. The summed E-state index contributed by atoms with van der Waals surface area (Å²) in [5.74, 6) is 5.40. The van der Waals surface area contributed by atoms with Crippen molar-refractivity contribution in [2.24, 2.45) is 52.3 Å². The molecule has 2 heterocycles. The minimum Gasteiger partial charge on any atom is -0.349 e. The highest BCUT2D eigenvalue weighted by Gasteiger charge is 2.69. The van der Waals surface area contributed by atoms with Crippen molar-refractivity contribution in [3.8, 4) is 0 Å². The first kappa shape index (κ1) is 21.4. The van der Waals surface area contributed by atoms with Gasteiger partial charge in [-0.15, -0.1) is 0 Å². The highest BCUT2D eigenvalue weighted by molar-refractivity contribution is 5.15. The van der Waals surface area contributed by atoms with E-state index in [0.29, 0.717) is 34.7 Å². The fourth-order valence-electron chi connectivity index (χ4n) is 10.5. The zero-order chi connectivity index (χ0) is 21.6. The number of fused-ring (bicyclic) bond motifs is 7. The number of rotatable bonds is 1. The smallest absolute Gasteiger partial charge is 0.171 e. The van der Waals surface area contributed by atoms with Crippen LogP contribution in [0, 0.1) is 52.3 Å². The molecule has 2 aliphatic heterocycles. The van der Waals surface area contributed by atoms with Crippen LogP contribution in [0.4, 0.5) is 0 Å². The van der Waals surface area contributed by atoms with Crippen LogP contribution in [0.1, 0.15) is 91.9 Å². The molecular weight excluding hydrogens is 382 g/mol. The van der Waals surface area contributed by atoms with Gasteiger partial charge in [0.25, 0.3) is 0 Å². The molecule has 1 N–H and O–H groups in total. The number of ether oxygens (including phenoxy) is 2. The number of nitrogens with one attached hydrogen (secondary N) is 1. The molecule has 6 aliphatic rings. The summed E-state index contributed by atoms with van der Waals surface area (Å²) >= 11 is 0. The second kappa shape index (κ2) is 7.19. The van der Waals surface area contributed by atoms with Crippen LogP contribution >= 0.6 is 0 Å². The molecule has 4 saturated carbocycles. The first-order valence-corrected chi connectivity index (χ1v) is 13.8. The van der Waals surface area contributed by atoms with Gasteiger partial charge in [0.15, 0.2) is 5.79 Å². The zero-order valence-corrected chi connectivity index (χ0v) is 20.8. The Morgan fingerprint density at radius 1 is 0.839 bits per heavy atom. The van der Waals surface area contributed by atoms with Gasteiger partial charge >= 0.3 is 0 Å². The van der Waals surface area contributed by atoms with E-state index in [0.717, 1.165) is 42.7 Å². The maximum atomic E-state index is 6.94. The van der Waals surface area contributed by atoms with Crippen LogP contribution in [-0.4, -0.2) is 31.6 Å². The van der Waals surface area contributed by atoms with Gasteiger partial charge in [0.05, 0.1) is 12.7 Å². The molecule has 0 aromatic heterocycles. The van der Waals surface area contributed by atoms with Gasteiger partial charge in [0.2, 0.25) is 0 Å². The van der Waals surface area contributed by atoms with Gasteiger partial charge < -0.3 is 14.8 Å². The van der Waals surface area contributed by atoms with E-state index in [1.165, 1.54) is 57.8 Å². The molecule has 0 aromatic carbocycles. The molecule has 0 aromatic rings. The van der Waals surface area contributed by atoms with Crippen LogP contribution in [0.5, 0.6) is 0 Å². The first-order chi connectivity index (χ1) is 14.8. The van der Waals surface area contributed by atoms with Crippen molar-refractivity contribution in [1.82, 2.24) is 5.32 Å². The molecule has 6 fully saturated rings. The molecule has 176 valence electrons. The predicted octanol–water partition coefficient (Wildman–Crippen LogP) is 6.02. The van der Waals surface area contributed by atoms with E-state index in [9.17, 15) is 0 Å². The molecule has 3 nitrogen and oxygen atoms in total. The van der Waals surface area contributed by atoms with Crippen LogP contribution in [0.25, 0.3) is 0 Å². The van der Waals surface area contributed by atoms with E-state index in [-0.39, 0.29) is 5.79 Å². The van der Waals surface area contributed by atoms with Crippen molar-refractivity contribution in [3.63, 3.8) is 0 Å². The van der Waals surface area contributed by atoms with Crippen LogP contribution in [0.3, 0.4) is 0 Å². The van der Waals surface area contributed by atoms with Gasteiger partial charge in [-0.1, -0.05) is 27.7 Å². The van der Waals surface area contributed by atoms with E-state index < -0.39 is 0 Å². The van der Waals surface area contributed by atoms with E-state index in [4.69, 9.17) is 9.47 Å². The Labute approximate surface area is 190 Å². The first-order valence-electron chi connectivity index (χ1n) is 13.8. The lowest BCUT2D eigenvalue weighted by Crippen LogP contribution is -2.55. The second-order valence-corrected chi connectivity index (χ2v) is 13.4. The Morgan fingerprint density at radius 2 is 1.65 bits per heavy atom. The molecule has 2 saturated heterocycles. The quantitative estimate of drug-likeness (QED) is 0.553. The van der Waals surface area contributed by atoms with Gasteiger partial charge in [-0.3, -0.25) is 0 Å². The fourth-order valence-corrected chi connectivity index (χ4v) is 10.5.